The van der Waals surface area contributed by atoms with E-state index < -0.39 is 0 Å². The Morgan fingerprint density at radius 3 is 2.56 bits per heavy atom. The molecule has 1 aromatic heterocycles. The molecule has 2 nitrogen and oxygen atoms in total. The molecule has 1 rings (SSSR count). The Labute approximate surface area is 103 Å². The Kier molecular flexibility index (Phi) is 5.03. The first-order valence-corrected chi connectivity index (χ1v) is 6.40. The first-order valence-electron chi connectivity index (χ1n) is 5.42. The predicted octanol–water partition coefficient (Wildman–Crippen LogP) is 3.12. The van der Waals surface area contributed by atoms with Crippen molar-refractivity contribution in [1.82, 2.24) is 10.3 Å². The van der Waals surface area contributed by atoms with Gasteiger partial charge in [-0.2, -0.15) is 0 Å². The Bertz CT molecular complexity index is 328. The van der Waals surface area contributed by atoms with Crippen LogP contribution in [0.5, 0.6) is 0 Å². The average molecular weight is 236 g/mol. The molecule has 0 saturated heterocycles. The number of nitrogens with zero attached hydrogens (tertiary/aromatic N) is 1. The highest BCUT2D eigenvalue weighted by Crippen LogP contribution is 2.18. The van der Waals surface area contributed by atoms with Crippen LogP contribution in [0.25, 0.3) is 0 Å². The van der Waals surface area contributed by atoms with E-state index in [-0.39, 0.29) is 5.54 Å². The molecule has 1 heterocycles. The minimum atomic E-state index is 0.157. The topological polar surface area (TPSA) is 24.9 Å². The van der Waals surface area contributed by atoms with Crippen LogP contribution >= 0.6 is 11.8 Å². The van der Waals surface area contributed by atoms with Crippen molar-refractivity contribution in [2.45, 2.75) is 31.2 Å². The van der Waals surface area contributed by atoms with E-state index >= 15 is 0 Å². The molecule has 0 atom stereocenters. The monoisotopic (exact) mass is 236 g/mol. The summed E-state index contributed by atoms with van der Waals surface area (Å²) in [6.07, 6.45) is 3.64. The van der Waals surface area contributed by atoms with Crippen molar-refractivity contribution in [2.24, 2.45) is 0 Å². The van der Waals surface area contributed by atoms with Crippen LogP contribution in [0.3, 0.4) is 0 Å². The number of hydrogen-bond donors (Lipinski definition) is 1. The van der Waals surface area contributed by atoms with Crippen LogP contribution in [-0.4, -0.2) is 22.8 Å². The SMILES string of the molecule is C=C(CNC(C)(C)C)CSc1ccncc1. The summed E-state index contributed by atoms with van der Waals surface area (Å²) in [5, 5.41) is 3.43. The van der Waals surface area contributed by atoms with E-state index in [9.17, 15) is 0 Å². The molecule has 0 fully saturated rings. The van der Waals surface area contributed by atoms with E-state index in [0.29, 0.717) is 0 Å². The zero-order chi connectivity index (χ0) is 12.0. The molecular weight excluding hydrogens is 216 g/mol. The van der Waals surface area contributed by atoms with Gasteiger partial charge in [-0.3, -0.25) is 4.98 Å². The maximum atomic E-state index is 4.07. The maximum absolute atomic E-state index is 4.07. The van der Waals surface area contributed by atoms with Gasteiger partial charge < -0.3 is 5.32 Å². The molecule has 0 aliphatic carbocycles. The molecule has 0 aliphatic rings. The Balaban J connectivity index is 2.26. The Morgan fingerprint density at radius 1 is 1.38 bits per heavy atom. The molecule has 88 valence electrons. The first-order chi connectivity index (χ1) is 7.47. The summed E-state index contributed by atoms with van der Waals surface area (Å²) in [5.74, 6) is 0.951. The minimum absolute atomic E-state index is 0.157. The fourth-order valence-corrected chi connectivity index (χ4v) is 1.85. The lowest BCUT2D eigenvalue weighted by Gasteiger charge is -2.21. The van der Waals surface area contributed by atoms with Crippen molar-refractivity contribution in [3.05, 3.63) is 36.7 Å². The van der Waals surface area contributed by atoms with Crippen LogP contribution in [0.15, 0.2) is 41.6 Å². The largest absolute Gasteiger partial charge is 0.308 e. The average Bonchev–Trinajstić information content (AvgIpc) is 2.24. The van der Waals surface area contributed by atoms with Gasteiger partial charge in [0.15, 0.2) is 0 Å². The standard InChI is InChI=1S/C13H20N2S/c1-11(9-15-13(2,3)4)10-16-12-5-7-14-8-6-12/h5-8,15H,1,9-10H2,2-4H3. The zero-order valence-corrected chi connectivity index (χ0v) is 11.1. The number of rotatable bonds is 5. The van der Waals surface area contributed by atoms with Gasteiger partial charge in [0.1, 0.15) is 0 Å². The molecule has 0 saturated carbocycles. The van der Waals surface area contributed by atoms with Crippen LogP contribution in [0, 0.1) is 0 Å². The number of nitrogens with one attached hydrogen (secondary N) is 1. The third-order valence-corrected chi connectivity index (χ3v) is 3.12. The lowest BCUT2D eigenvalue weighted by Crippen LogP contribution is -2.37. The first kappa shape index (κ1) is 13.3. The molecule has 16 heavy (non-hydrogen) atoms. The van der Waals surface area contributed by atoms with Gasteiger partial charge in [-0.25, -0.2) is 0 Å². The number of pyridine rings is 1. The van der Waals surface area contributed by atoms with E-state index in [0.717, 1.165) is 12.3 Å². The van der Waals surface area contributed by atoms with Crippen LogP contribution in [0.2, 0.25) is 0 Å². The van der Waals surface area contributed by atoms with Crippen molar-refractivity contribution < 1.29 is 0 Å². The summed E-state index contributed by atoms with van der Waals surface area (Å²) >= 11 is 1.80. The quantitative estimate of drug-likeness (QED) is 0.628. The summed E-state index contributed by atoms with van der Waals surface area (Å²) in [5.41, 5.74) is 1.38. The van der Waals surface area contributed by atoms with E-state index in [4.69, 9.17) is 0 Å². The molecule has 0 aliphatic heterocycles. The molecular formula is C13H20N2S. The minimum Gasteiger partial charge on any atom is -0.308 e. The molecule has 0 spiro atoms. The van der Waals surface area contributed by atoms with Crippen LogP contribution < -0.4 is 5.32 Å². The van der Waals surface area contributed by atoms with E-state index in [1.165, 1.54) is 10.5 Å². The van der Waals surface area contributed by atoms with E-state index in [2.05, 4.69) is 37.7 Å². The highest BCUT2D eigenvalue weighted by Gasteiger charge is 2.08. The molecule has 1 aromatic rings. The van der Waals surface area contributed by atoms with Gasteiger partial charge in [0.25, 0.3) is 0 Å². The second-order valence-electron chi connectivity index (χ2n) is 4.83. The molecule has 0 radical (unpaired) electrons. The highest BCUT2D eigenvalue weighted by molar-refractivity contribution is 7.99. The number of thioether (sulfide) groups is 1. The summed E-state index contributed by atoms with van der Waals surface area (Å²) in [6.45, 7) is 11.4. The molecule has 0 unspecified atom stereocenters. The predicted molar refractivity (Wildman–Crippen MR) is 71.9 cm³/mol. The van der Waals surface area contributed by atoms with Gasteiger partial charge >= 0.3 is 0 Å². The Hall–Kier alpha value is -0.800. The molecule has 1 N–H and O–H groups in total. The summed E-state index contributed by atoms with van der Waals surface area (Å²) in [7, 11) is 0. The van der Waals surface area contributed by atoms with Crippen molar-refractivity contribution in [3.63, 3.8) is 0 Å². The normalized spacial score (nSPS) is 11.4. The zero-order valence-electron chi connectivity index (χ0n) is 10.3. The van der Waals surface area contributed by atoms with Gasteiger partial charge in [-0.1, -0.05) is 12.2 Å². The number of hydrogen-bond acceptors (Lipinski definition) is 3. The third-order valence-electron chi connectivity index (χ3n) is 1.96. The number of aromatic nitrogens is 1. The van der Waals surface area contributed by atoms with Gasteiger partial charge in [0.05, 0.1) is 0 Å². The van der Waals surface area contributed by atoms with Gasteiger partial charge in [0.2, 0.25) is 0 Å². The summed E-state index contributed by atoms with van der Waals surface area (Å²) in [4.78, 5) is 5.24. The van der Waals surface area contributed by atoms with Gasteiger partial charge in [-0.15, -0.1) is 11.8 Å². The van der Waals surface area contributed by atoms with E-state index in [1.54, 1.807) is 11.8 Å². The summed E-state index contributed by atoms with van der Waals surface area (Å²) in [6, 6.07) is 4.05. The van der Waals surface area contributed by atoms with Crippen molar-refractivity contribution in [1.29, 1.82) is 0 Å². The Morgan fingerprint density at radius 2 is 2.00 bits per heavy atom. The van der Waals surface area contributed by atoms with Crippen LogP contribution in [0.4, 0.5) is 0 Å². The van der Waals surface area contributed by atoms with Crippen LogP contribution in [0.1, 0.15) is 20.8 Å². The molecule has 3 heteroatoms. The van der Waals surface area contributed by atoms with Gasteiger partial charge in [0, 0.05) is 35.1 Å². The lowest BCUT2D eigenvalue weighted by atomic mass is 10.1. The summed E-state index contributed by atoms with van der Waals surface area (Å²) < 4.78 is 0. The fourth-order valence-electron chi connectivity index (χ4n) is 1.06. The van der Waals surface area contributed by atoms with Crippen molar-refractivity contribution >= 4 is 11.8 Å². The molecule has 0 amide bonds. The lowest BCUT2D eigenvalue weighted by molar-refractivity contribution is 0.445. The van der Waals surface area contributed by atoms with Crippen molar-refractivity contribution in [2.75, 3.05) is 12.3 Å². The maximum Gasteiger partial charge on any atom is 0.0278 e. The second-order valence-corrected chi connectivity index (χ2v) is 5.87. The van der Waals surface area contributed by atoms with Crippen molar-refractivity contribution in [3.8, 4) is 0 Å². The second kappa shape index (κ2) is 6.06. The fraction of sp³-hybridized carbons (Fsp3) is 0.462. The van der Waals surface area contributed by atoms with Gasteiger partial charge in [-0.05, 0) is 32.9 Å². The van der Waals surface area contributed by atoms with E-state index in [1.807, 2.05) is 24.5 Å². The highest BCUT2D eigenvalue weighted by atomic mass is 32.2. The van der Waals surface area contributed by atoms with Crippen LogP contribution in [-0.2, 0) is 0 Å². The molecule has 0 aromatic carbocycles. The third kappa shape index (κ3) is 5.93. The smallest absolute Gasteiger partial charge is 0.0278 e. The molecule has 0 bridgehead atoms.